The molecule has 1 fully saturated rings. The highest BCUT2D eigenvalue weighted by Crippen LogP contribution is 2.28. The highest BCUT2D eigenvalue weighted by molar-refractivity contribution is 6.52. The Hall–Kier alpha value is -1.45. The van der Waals surface area contributed by atoms with E-state index in [1.165, 1.54) is 18.3 Å². The van der Waals surface area contributed by atoms with Gasteiger partial charge in [-0.15, -0.1) is 0 Å². The maximum atomic E-state index is 5.25. The summed E-state index contributed by atoms with van der Waals surface area (Å²) in [5, 5.41) is 8.50. The molecule has 1 aliphatic rings. The molecule has 0 bridgehead atoms. The van der Waals surface area contributed by atoms with Crippen LogP contribution in [-0.4, -0.2) is 18.5 Å². The minimum Gasteiger partial charge on any atom is -0.364 e. The van der Waals surface area contributed by atoms with E-state index in [1.54, 1.807) is 0 Å². The van der Waals surface area contributed by atoms with Crippen molar-refractivity contribution in [2.45, 2.75) is 25.7 Å². The average molecular weight is 199 g/mol. The molecule has 1 heterocycles. The minimum atomic E-state index is 0.604. The smallest absolute Gasteiger partial charge is 0.177 e. The monoisotopic (exact) mass is 199 g/mol. The number of hydrogen-bond acceptors (Lipinski definition) is 3. The normalized spacial score (nSPS) is 15.5. The lowest BCUT2D eigenvalue weighted by Crippen LogP contribution is -2.09. The van der Waals surface area contributed by atoms with Crippen molar-refractivity contribution in [1.82, 2.24) is 5.16 Å². The summed E-state index contributed by atoms with van der Waals surface area (Å²) in [6.45, 7) is 2.03. The van der Waals surface area contributed by atoms with Gasteiger partial charge >= 0.3 is 0 Å². The summed E-state index contributed by atoms with van der Waals surface area (Å²) in [7, 11) is 2.08. The Morgan fingerprint density at radius 3 is 3.07 bits per heavy atom. The lowest BCUT2D eigenvalue weighted by atomic mass is 9.73. The molecule has 2 aromatic rings. The van der Waals surface area contributed by atoms with Gasteiger partial charge in [-0.05, 0) is 18.9 Å². The van der Waals surface area contributed by atoms with E-state index in [0.29, 0.717) is 6.04 Å². The van der Waals surface area contributed by atoms with Crippen LogP contribution in [0, 0.1) is 0 Å². The molecule has 3 nitrogen and oxygen atoms in total. The van der Waals surface area contributed by atoms with Gasteiger partial charge in [0, 0.05) is 6.04 Å². The lowest BCUT2D eigenvalue weighted by Gasteiger charge is -1.99. The van der Waals surface area contributed by atoms with Crippen molar-refractivity contribution in [2.24, 2.45) is 0 Å². The molecule has 4 heteroatoms. The largest absolute Gasteiger partial charge is 0.364 e. The number of benzene rings is 1. The van der Waals surface area contributed by atoms with Gasteiger partial charge in [0.2, 0.25) is 0 Å². The second-order valence-corrected chi connectivity index (χ2v) is 3.99. The first-order valence-electron chi connectivity index (χ1n) is 5.32. The summed E-state index contributed by atoms with van der Waals surface area (Å²) in [5.41, 5.74) is 2.05. The standard InChI is InChI=1S/C11H12BN2O/c1-12-7-2-5-10-9(6-7)11(14-15-10)13-8-3-4-8/h2,5-6,8H,3-4H2,1H3,(H,13,14). The molecule has 0 atom stereocenters. The van der Waals surface area contributed by atoms with Gasteiger partial charge in [0.05, 0.1) is 5.39 Å². The molecule has 0 saturated heterocycles. The molecule has 1 aromatic carbocycles. The number of fused-ring (bicyclic) bond motifs is 1. The lowest BCUT2D eigenvalue weighted by molar-refractivity contribution is 0.459. The quantitative estimate of drug-likeness (QED) is 0.765. The molecule has 1 saturated carbocycles. The molecule has 15 heavy (non-hydrogen) atoms. The third-order valence-corrected chi connectivity index (χ3v) is 2.75. The van der Waals surface area contributed by atoms with Crippen LogP contribution in [0.4, 0.5) is 5.82 Å². The van der Waals surface area contributed by atoms with Crippen molar-refractivity contribution in [2.75, 3.05) is 5.32 Å². The van der Waals surface area contributed by atoms with Crippen molar-refractivity contribution in [3.05, 3.63) is 18.2 Å². The topological polar surface area (TPSA) is 38.1 Å². The zero-order chi connectivity index (χ0) is 10.3. The van der Waals surface area contributed by atoms with Crippen LogP contribution < -0.4 is 10.8 Å². The molecule has 1 aromatic heterocycles. The summed E-state index contributed by atoms with van der Waals surface area (Å²) < 4.78 is 5.25. The van der Waals surface area contributed by atoms with Crippen LogP contribution in [0.25, 0.3) is 11.0 Å². The fourth-order valence-electron chi connectivity index (χ4n) is 1.66. The van der Waals surface area contributed by atoms with Crippen molar-refractivity contribution in [1.29, 1.82) is 0 Å². The van der Waals surface area contributed by atoms with E-state index in [9.17, 15) is 0 Å². The summed E-state index contributed by atoms with van der Waals surface area (Å²) in [4.78, 5) is 0. The molecule has 3 rings (SSSR count). The van der Waals surface area contributed by atoms with E-state index in [-0.39, 0.29) is 0 Å². The van der Waals surface area contributed by atoms with E-state index in [1.807, 2.05) is 19.0 Å². The van der Waals surface area contributed by atoms with E-state index in [4.69, 9.17) is 4.52 Å². The first-order valence-corrected chi connectivity index (χ1v) is 5.32. The molecule has 75 valence electrons. The van der Waals surface area contributed by atoms with Crippen LogP contribution in [0.3, 0.4) is 0 Å². The van der Waals surface area contributed by atoms with Crippen LogP contribution in [-0.2, 0) is 0 Å². The van der Waals surface area contributed by atoms with Crippen molar-refractivity contribution in [3.63, 3.8) is 0 Å². The van der Waals surface area contributed by atoms with E-state index in [0.717, 1.165) is 16.8 Å². The fourth-order valence-corrected chi connectivity index (χ4v) is 1.66. The van der Waals surface area contributed by atoms with Gasteiger partial charge in [0.25, 0.3) is 0 Å². The molecular weight excluding hydrogens is 187 g/mol. The van der Waals surface area contributed by atoms with Crippen molar-refractivity contribution < 1.29 is 4.52 Å². The minimum absolute atomic E-state index is 0.604. The highest BCUT2D eigenvalue weighted by atomic mass is 16.5. The summed E-state index contributed by atoms with van der Waals surface area (Å²) in [6.07, 6.45) is 2.49. The SMILES string of the molecule is C[B]c1ccc2onc(NC3CC3)c2c1. The zero-order valence-electron chi connectivity index (χ0n) is 8.66. The molecule has 1 radical (unpaired) electrons. The van der Waals surface area contributed by atoms with Crippen LogP contribution in [0.1, 0.15) is 12.8 Å². The van der Waals surface area contributed by atoms with Gasteiger partial charge in [-0.1, -0.05) is 29.6 Å². The Balaban J connectivity index is 2.04. The Labute approximate surface area is 89.1 Å². The highest BCUT2D eigenvalue weighted by Gasteiger charge is 2.23. The second kappa shape index (κ2) is 3.30. The number of hydrogen-bond donors (Lipinski definition) is 1. The third-order valence-electron chi connectivity index (χ3n) is 2.75. The molecule has 0 unspecified atom stereocenters. The van der Waals surface area contributed by atoms with Crippen LogP contribution in [0.15, 0.2) is 22.7 Å². The second-order valence-electron chi connectivity index (χ2n) is 3.99. The summed E-state index contributed by atoms with van der Waals surface area (Å²) in [6, 6.07) is 6.72. The first kappa shape index (κ1) is 8.83. The zero-order valence-corrected chi connectivity index (χ0v) is 8.66. The van der Waals surface area contributed by atoms with Gasteiger partial charge < -0.3 is 9.84 Å². The molecule has 0 amide bonds. The fraction of sp³-hybridized carbons (Fsp3) is 0.364. The molecule has 0 spiro atoms. The van der Waals surface area contributed by atoms with Gasteiger partial charge in [-0.3, -0.25) is 0 Å². The maximum absolute atomic E-state index is 5.25. The number of rotatable bonds is 3. The predicted molar refractivity (Wildman–Crippen MR) is 61.9 cm³/mol. The first-order chi connectivity index (χ1) is 7.36. The molecule has 0 aliphatic heterocycles. The average Bonchev–Trinajstić information content (AvgIpc) is 3.00. The van der Waals surface area contributed by atoms with Gasteiger partial charge in [0.15, 0.2) is 11.4 Å². The molecule has 1 aliphatic carbocycles. The van der Waals surface area contributed by atoms with Crippen LogP contribution >= 0.6 is 0 Å². The van der Waals surface area contributed by atoms with E-state index >= 15 is 0 Å². The number of nitrogens with one attached hydrogen (secondary N) is 1. The number of anilines is 1. The van der Waals surface area contributed by atoms with E-state index in [2.05, 4.69) is 23.8 Å². The van der Waals surface area contributed by atoms with Crippen molar-refractivity contribution in [3.8, 4) is 0 Å². The van der Waals surface area contributed by atoms with Gasteiger partial charge in [0.1, 0.15) is 7.28 Å². The van der Waals surface area contributed by atoms with Gasteiger partial charge in [-0.2, -0.15) is 0 Å². The Kier molecular flexibility index (Phi) is 1.94. The van der Waals surface area contributed by atoms with Gasteiger partial charge in [-0.25, -0.2) is 0 Å². The van der Waals surface area contributed by atoms with Crippen LogP contribution in [0.5, 0.6) is 0 Å². The third kappa shape index (κ3) is 1.60. The Morgan fingerprint density at radius 2 is 2.33 bits per heavy atom. The maximum Gasteiger partial charge on any atom is 0.177 e. The Bertz CT molecular complexity index is 490. The molecular formula is C11H12BN2O. The Morgan fingerprint density at radius 1 is 1.47 bits per heavy atom. The summed E-state index contributed by atoms with van der Waals surface area (Å²) >= 11 is 0. The molecule has 1 N–H and O–H groups in total. The predicted octanol–water partition coefficient (Wildman–Crippen LogP) is 1.78. The summed E-state index contributed by atoms with van der Waals surface area (Å²) in [5.74, 6) is 0.885. The van der Waals surface area contributed by atoms with E-state index < -0.39 is 0 Å². The number of aromatic nitrogens is 1. The number of nitrogens with zero attached hydrogens (tertiary/aromatic N) is 1. The van der Waals surface area contributed by atoms with Crippen LogP contribution in [0.2, 0.25) is 6.82 Å². The van der Waals surface area contributed by atoms with Crippen molar-refractivity contribution >= 4 is 29.5 Å².